The zero-order valence-electron chi connectivity index (χ0n) is 13.7. The van der Waals surface area contributed by atoms with Crippen LogP contribution in [-0.2, 0) is 6.54 Å². The van der Waals surface area contributed by atoms with Gasteiger partial charge in [-0.3, -0.25) is 0 Å². The van der Waals surface area contributed by atoms with Crippen LogP contribution < -0.4 is 9.64 Å². The standard InChI is InChI=1S/C19H20ClN3O/c1-14(2)23(12-16-11-21-13-22-16)17-5-9-19(10-6-17)24-18-7-3-15(20)4-8-18/h3-11,13-14H,12H2,1-2H3,(H,21,22). The second kappa shape index (κ2) is 7.41. The molecule has 1 N–H and O–H groups in total. The van der Waals surface area contributed by atoms with Crippen LogP contribution in [0, 0.1) is 0 Å². The van der Waals surface area contributed by atoms with Gasteiger partial charge in [0, 0.05) is 22.9 Å². The third-order valence-electron chi connectivity index (χ3n) is 3.74. The van der Waals surface area contributed by atoms with E-state index in [9.17, 15) is 0 Å². The Hall–Kier alpha value is -2.46. The summed E-state index contributed by atoms with van der Waals surface area (Å²) in [6.07, 6.45) is 3.56. The van der Waals surface area contributed by atoms with E-state index in [1.54, 1.807) is 6.33 Å². The van der Waals surface area contributed by atoms with Crippen LogP contribution in [-0.4, -0.2) is 16.0 Å². The van der Waals surface area contributed by atoms with E-state index >= 15 is 0 Å². The van der Waals surface area contributed by atoms with Gasteiger partial charge in [-0.2, -0.15) is 0 Å². The number of anilines is 1. The molecule has 0 saturated heterocycles. The van der Waals surface area contributed by atoms with E-state index in [1.165, 1.54) is 0 Å². The summed E-state index contributed by atoms with van der Waals surface area (Å²) in [6, 6.07) is 15.8. The van der Waals surface area contributed by atoms with Crippen LogP contribution in [0.4, 0.5) is 5.69 Å². The Morgan fingerprint density at radius 2 is 1.67 bits per heavy atom. The summed E-state index contributed by atoms with van der Waals surface area (Å²) >= 11 is 5.89. The number of ether oxygens (including phenoxy) is 1. The van der Waals surface area contributed by atoms with Gasteiger partial charge in [-0.25, -0.2) is 4.98 Å². The number of H-pyrrole nitrogens is 1. The van der Waals surface area contributed by atoms with Gasteiger partial charge in [0.1, 0.15) is 11.5 Å². The van der Waals surface area contributed by atoms with E-state index in [1.807, 2.05) is 42.6 Å². The van der Waals surface area contributed by atoms with Gasteiger partial charge >= 0.3 is 0 Å². The molecular formula is C19H20ClN3O. The summed E-state index contributed by atoms with van der Waals surface area (Å²) < 4.78 is 5.84. The molecule has 0 aliphatic heterocycles. The molecular weight excluding hydrogens is 322 g/mol. The molecule has 1 aromatic heterocycles. The Balaban J connectivity index is 1.73. The van der Waals surface area contributed by atoms with Crippen molar-refractivity contribution in [1.29, 1.82) is 0 Å². The second-order valence-electron chi connectivity index (χ2n) is 5.85. The summed E-state index contributed by atoms with van der Waals surface area (Å²) in [6.45, 7) is 5.14. The summed E-state index contributed by atoms with van der Waals surface area (Å²) in [5.74, 6) is 1.57. The highest BCUT2D eigenvalue weighted by molar-refractivity contribution is 6.30. The SMILES string of the molecule is CC(C)N(Cc1cnc[nH]1)c1ccc(Oc2ccc(Cl)cc2)cc1. The van der Waals surface area contributed by atoms with Crippen molar-refractivity contribution in [3.8, 4) is 11.5 Å². The number of hydrogen-bond donors (Lipinski definition) is 1. The van der Waals surface area contributed by atoms with Gasteiger partial charge in [0.25, 0.3) is 0 Å². The number of benzene rings is 2. The Morgan fingerprint density at radius 3 is 2.21 bits per heavy atom. The molecule has 24 heavy (non-hydrogen) atoms. The van der Waals surface area contributed by atoms with Gasteiger partial charge < -0.3 is 14.6 Å². The van der Waals surface area contributed by atoms with Crippen molar-refractivity contribution in [2.75, 3.05) is 4.90 Å². The van der Waals surface area contributed by atoms with Gasteiger partial charge in [-0.05, 0) is 62.4 Å². The van der Waals surface area contributed by atoms with Crippen LogP contribution in [0.25, 0.3) is 0 Å². The molecule has 0 atom stereocenters. The van der Waals surface area contributed by atoms with Gasteiger partial charge in [-0.15, -0.1) is 0 Å². The van der Waals surface area contributed by atoms with Crippen molar-refractivity contribution in [2.24, 2.45) is 0 Å². The van der Waals surface area contributed by atoms with Crippen molar-refractivity contribution < 1.29 is 4.74 Å². The average molecular weight is 342 g/mol. The first-order valence-corrected chi connectivity index (χ1v) is 8.27. The normalized spacial score (nSPS) is 10.8. The topological polar surface area (TPSA) is 41.2 Å². The van der Waals surface area contributed by atoms with E-state index < -0.39 is 0 Å². The van der Waals surface area contributed by atoms with E-state index in [0.29, 0.717) is 11.1 Å². The lowest BCUT2D eigenvalue weighted by molar-refractivity contribution is 0.482. The molecule has 5 heteroatoms. The zero-order valence-corrected chi connectivity index (χ0v) is 14.5. The van der Waals surface area contributed by atoms with E-state index in [4.69, 9.17) is 16.3 Å². The first-order chi connectivity index (χ1) is 11.6. The molecule has 1 heterocycles. The van der Waals surface area contributed by atoms with Crippen molar-refractivity contribution in [1.82, 2.24) is 9.97 Å². The molecule has 0 radical (unpaired) electrons. The first-order valence-electron chi connectivity index (χ1n) is 7.89. The molecule has 0 saturated carbocycles. The van der Waals surface area contributed by atoms with E-state index in [2.05, 4.69) is 40.8 Å². The molecule has 0 unspecified atom stereocenters. The predicted octanol–water partition coefficient (Wildman–Crippen LogP) is 5.27. The third-order valence-corrected chi connectivity index (χ3v) is 3.99. The minimum Gasteiger partial charge on any atom is -0.457 e. The smallest absolute Gasteiger partial charge is 0.127 e. The molecule has 3 rings (SSSR count). The quantitative estimate of drug-likeness (QED) is 0.664. The summed E-state index contributed by atoms with van der Waals surface area (Å²) in [5, 5.41) is 0.698. The molecule has 0 amide bonds. The van der Waals surface area contributed by atoms with E-state index in [0.717, 1.165) is 29.4 Å². The number of aromatic amines is 1. The Morgan fingerprint density at radius 1 is 1.04 bits per heavy atom. The van der Waals surface area contributed by atoms with E-state index in [-0.39, 0.29) is 0 Å². The second-order valence-corrected chi connectivity index (χ2v) is 6.28. The van der Waals surface area contributed by atoms with Gasteiger partial charge in [-0.1, -0.05) is 11.6 Å². The molecule has 0 spiro atoms. The molecule has 0 bridgehead atoms. The number of halogens is 1. The lowest BCUT2D eigenvalue weighted by atomic mass is 10.2. The fourth-order valence-electron chi connectivity index (χ4n) is 2.47. The van der Waals surface area contributed by atoms with Crippen molar-refractivity contribution in [2.45, 2.75) is 26.4 Å². The highest BCUT2D eigenvalue weighted by atomic mass is 35.5. The molecule has 2 aromatic carbocycles. The maximum atomic E-state index is 5.89. The Kier molecular flexibility index (Phi) is 5.06. The van der Waals surface area contributed by atoms with Crippen LogP contribution in [0.3, 0.4) is 0 Å². The highest BCUT2D eigenvalue weighted by Crippen LogP contribution is 2.27. The monoisotopic (exact) mass is 341 g/mol. The lowest BCUT2D eigenvalue weighted by Crippen LogP contribution is -2.30. The molecule has 4 nitrogen and oxygen atoms in total. The van der Waals surface area contributed by atoms with Crippen LogP contribution in [0.2, 0.25) is 5.02 Å². The van der Waals surface area contributed by atoms with Gasteiger partial charge in [0.05, 0.1) is 18.6 Å². The number of hydrogen-bond acceptors (Lipinski definition) is 3. The number of rotatable bonds is 6. The van der Waals surface area contributed by atoms with Crippen LogP contribution in [0.1, 0.15) is 19.5 Å². The van der Waals surface area contributed by atoms with Crippen LogP contribution in [0.5, 0.6) is 11.5 Å². The van der Waals surface area contributed by atoms with Crippen LogP contribution >= 0.6 is 11.6 Å². The number of aromatic nitrogens is 2. The van der Waals surface area contributed by atoms with Crippen molar-refractivity contribution in [3.05, 3.63) is 71.8 Å². The minimum absolute atomic E-state index is 0.372. The first kappa shape index (κ1) is 16.4. The lowest BCUT2D eigenvalue weighted by Gasteiger charge is -2.28. The fraction of sp³-hybridized carbons (Fsp3) is 0.211. The predicted molar refractivity (Wildman–Crippen MR) is 97.9 cm³/mol. The Bertz CT molecular complexity index is 752. The minimum atomic E-state index is 0.372. The zero-order chi connectivity index (χ0) is 16.9. The maximum absolute atomic E-state index is 5.89. The van der Waals surface area contributed by atoms with Gasteiger partial charge in [0.15, 0.2) is 0 Å². The molecule has 0 aliphatic rings. The largest absolute Gasteiger partial charge is 0.457 e. The maximum Gasteiger partial charge on any atom is 0.127 e. The Labute approximate surface area is 147 Å². The fourth-order valence-corrected chi connectivity index (χ4v) is 2.60. The molecule has 0 aliphatic carbocycles. The summed E-state index contributed by atoms with van der Waals surface area (Å²) in [7, 11) is 0. The third kappa shape index (κ3) is 4.09. The molecule has 0 fully saturated rings. The average Bonchev–Trinajstić information content (AvgIpc) is 3.09. The van der Waals surface area contributed by atoms with Crippen molar-refractivity contribution in [3.63, 3.8) is 0 Å². The number of imidazole rings is 1. The number of nitrogens with zero attached hydrogens (tertiary/aromatic N) is 2. The number of nitrogens with one attached hydrogen (secondary N) is 1. The summed E-state index contributed by atoms with van der Waals surface area (Å²) in [4.78, 5) is 9.54. The molecule has 124 valence electrons. The van der Waals surface area contributed by atoms with Gasteiger partial charge in [0.2, 0.25) is 0 Å². The van der Waals surface area contributed by atoms with Crippen molar-refractivity contribution >= 4 is 17.3 Å². The summed E-state index contributed by atoms with van der Waals surface area (Å²) in [5.41, 5.74) is 2.23. The van der Waals surface area contributed by atoms with Crippen LogP contribution in [0.15, 0.2) is 61.1 Å². The molecule has 3 aromatic rings. The highest BCUT2D eigenvalue weighted by Gasteiger charge is 2.12.